The molecule has 0 saturated carbocycles. The van der Waals surface area contributed by atoms with E-state index in [9.17, 15) is 4.79 Å². The van der Waals surface area contributed by atoms with Crippen molar-refractivity contribution in [1.29, 1.82) is 0 Å². The molecule has 0 bridgehead atoms. The van der Waals surface area contributed by atoms with Crippen molar-refractivity contribution in [2.45, 2.75) is 19.4 Å². The molecule has 0 saturated heterocycles. The molecule has 0 atom stereocenters. The SMILES string of the molecule is CCOC(=O)/C=C/C(=C(/C)c1cncn1C(c1ccccc1)(c1ccccc1)c1ccccc1)c1ccccc1. The van der Waals surface area contributed by atoms with Gasteiger partial charge in [-0.25, -0.2) is 9.78 Å². The fraction of sp³-hybridized carbons (Fsp3) is 0.111. The monoisotopic (exact) mass is 524 g/mol. The van der Waals surface area contributed by atoms with Gasteiger partial charge in [0.2, 0.25) is 0 Å². The molecule has 0 N–H and O–H groups in total. The number of rotatable bonds is 9. The van der Waals surface area contributed by atoms with E-state index < -0.39 is 5.54 Å². The molecule has 0 amide bonds. The molecule has 40 heavy (non-hydrogen) atoms. The Morgan fingerprint density at radius 3 is 1.70 bits per heavy atom. The smallest absolute Gasteiger partial charge is 0.330 e. The summed E-state index contributed by atoms with van der Waals surface area (Å²) in [7, 11) is 0. The lowest BCUT2D eigenvalue weighted by Gasteiger charge is -2.39. The molecule has 1 aromatic heterocycles. The molecule has 0 aliphatic rings. The van der Waals surface area contributed by atoms with Crippen molar-refractivity contribution in [1.82, 2.24) is 9.55 Å². The van der Waals surface area contributed by atoms with E-state index in [4.69, 9.17) is 9.72 Å². The van der Waals surface area contributed by atoms with Gasteiger partial charge >= 0.3 is 5.97 Å². The Morgan fingerprint density at radius 1 is 0.750 bits per heavy atom. The van der Waals surface area contributed by atoms with E-state index in [1.807, 2.05) is 67.1 Å². The van der Waals surface area contributed by atoms with Gasteiger partial charge in [-0.2, -0.15) is 0 Å². The molecule has 1 heterocycles. The fourth-order valence-electron chi connectivity index (χ4n) is 5.33. The molecule has 4 nitrogen and oxygen atoms in total. The third-order valence-corrected chi connectivity index (χ3v) is 7.12. The maximum Gasteiger partial charge on any atom is 0.330 e. The van der Waals surface area contributed by atoms with Gasteiger partial charge in [-0.05, 0) is 53.3 Å². The largest absolute Gasteiger partial charge is 0.463 e. The highest BCUT2D eigenvalue weighted by Crippen LogP contribution is 2.43. The van der Waals surface area contributed by atoms with Gasteiger partial charge in [-0.3, -0.25) is 0 Å². The standard InChI is InChI=1S/C36H32N2O2/c1-3-40-35(39)25-24-33(29-16-8-4-9-17-29)28(2)34-26-37-27-38(34)36(30-18-10-5-11-19-30,31-20-12-6-13-21-31)32-22-14-7-15-23-32/h4-27H,3H2,1-2H3/b25-24+,33-28+. The number of carbonyl (C=O) groups is 1. The first-order chi connectivity index (χ1) is 19.7. The molecule has 5 rings (SSSR count). The highest BCUT2D eigenvalue weighted by atomic mass is 16.5. The van der Waals surface area contributed by atoms with Crippen molar-refractivity contribution in [2.75, 3.05) is 6.61 Å². The van der Waals surface area contributed by atoms with E-state index in [1.165, 1.54) is 6.08 Å². The zero-order chi connectivity index (χ0) is 27.8. The Kier molecular flexibility index (Phi) is 8.17. The van der Waals surface area contributed by atoms with Crippen LogP contribution in [0.25, 0.3) is 11.1 Å². The van der Waals surface area contributed by atoms with Crippen LogP contribution in [0.15, 0.2) is 146 Å². The van der Waals surface area contributed by atoms with Crippen LogP contribution in [-0.4, -0.2) is 22.1 Å². The van der Waals surface area contributed by atoms with Gasteiger partial charge < -0.3 is 9.30 Å². The average molecular weight is 525 g/mol. The number of esters is 1. The quantitative estimate of drug-likeness (QED) is 0.0856. The van der Waals surface area contributed by atoms with E-state index >= 15 is 0 Å². The second-order valence-corrected chi connectivity index (χ2v) is 9.45. The van der Waals surface area contributed by atoms with Crippen molar-refractivity contribution < 1.29 is 9.53 Å². The summed E-state index contributed by atoms with van der Waals surface area (Å²) in [5.41, 5.74) is 6.47. The zero-order valence-electron chi connectivity index (χ0n) is 22.8. The molecule has 0 unspecified atom stereocenters. The Balaban J connectivity index is 1.83. The summed E-state index contributed by atoms with van der Waals surface area (Å²) < 4.78 is 7.44. The Morgan fingerprint density at radius 2 is 1.23 bits per heavy atom. The minimum absolute atomic E-state index is 0.326. The molecule has 0 aliphatic carbocycles. The maximum absolute atomic E-state index is 12.3. The van der Waals surface area contributed by atoms with Crippen LogP contribution in [0.3, 0.4) is 0 Å². The van der Waals surface area contributed by atoms with Crippen LogP contribution in [0.2, 0.25) is 0 Å². The first kappa shape index (κ1) is 26.6. The second kappa shape index (κ2) is 12.3. The number of hydrogen-bond acceptors (Lipinski definition) is 3. The van der Waals surface area contributed by atoms with E-state index in [2.05, 4.69) is 84.3 Å². The highest BCUT2D eigenvalue weighted by molar-refractivity contribution is 5.97. The summed E-state index contributed by atoms with van der Waals surface area (Å²) in [6, 6.07) is 41.7. The number of benzene rings is 4. The van der Waals surface area contributed by atoms with Crippen LogP contribution in [0.1, 0.15) is 41.8 Å². The first-order valence-corrected chi connectivity index (χ1v) is 13.5. The minimum atomic E-state index is -0.705. The lowest BCUT2D eigenvalue weighted by molar-refractivity contribution is -0.137. The first-order valence-electron chi connectivity index (χ1n) is 13.5. The fourth-order valence-corrected chi connectivity index (χ4v) is 5.33. The van der Waals surface area contributed by atoms with Crippen molar-refractivity contribution in [3.8, 4) is 0 Å². The van der Waals surface area contributed by atoms with Crippen molar-refractivity contribution in [2.24, 2.45) is 0 Å². The Bertz CT molecular complexity index is 1510. The maximum atomic E-state index is 12.3. The third-order valence-electron chi connectivity index (χ3n) is 7.12. The van der Waals surface area contributed by atoms with Crippen LogP contribution in [0.5, 0.6) is 0 Å². The van der Waals surface area contributed by atoms with Crippen LogP contribution < -0.4 is 0 Å². The molecule has 198 valence electrons. The molecule has 4 heteroatoms. The number of nitrogens with zero attached hydrogens (tertiary/aromatic N) is 2. The Hall–Kier alpha value is -4.96. The van der Waals surface area contributed by atoms with Gasteiger partial charge in [0.1, 0.15) is 5.54 Å². The molecule has 0 radical (unpaired) electrons. The molecule has 4 aromatic carbocycles. The Labute approximate surface area is 235 Å². The predicted molar refractivity (Wildman–Crippen MR) is 162 cm³/mol. The predicted octanol–water partition coefficient (Wildman–Crippen LogP) is 7.77. The molecule has 5 aromatic rings. The van der Waals surface area contributed by atoms with E-state index in [0.717, 1.165) is 39.1 Å². The van der Waals surface area contributed by atoms with Crippen LogP contribution in [0.4, 0.5) is 0 Å². The summed E-state index contributed by atoms with van der Waals surface area (Å²) in [5.74, 6) is -0.371. The van der Waals surface area contributed by atoms with Crippen molar-refractivity contribution >= 4 is 17.1 Å². The number of hydrogen-bond donors (Lipinski definition) is 0. The number of imidazole rings is 1. The number of carbonyl (C=O) groups excluding carboxylic acids is 1. The highest BCUT2D eigenvalue weighted by Gasteiger charge is 2.39. The summed E-state index contributed by atoms with van der Waals surface area (Å²) in [5, 5.41) is 0. The summed E-state index contributed by atoms with van der Waals surface area (Å²) in [6.07, 6.45) is 7.15. The van der Waals surface area contributed by atoms with Crippen LogP contribution >= 0.6 is 0 Å². The van der Waals surface area contributed by atoms with Crippen molar-refractivity contribution in [3.05, 3.63) is 174 Å². The van der Waals surface area contributed by atoms with Gasteiger partial charge in [-0.1, -0.05) is 121 Å². The molecular formula is C36H32N2O2. The summed E-state index contributed by atoms with van der Waals surface area (Å²) in [4.78, 5) is 17.0. The molecule has 0 spiro atoms. The zero-order valence-corrected chi connectivity index (χ0v) is 22.8. The molecular weight excluding hydrogens is 492 g/mol. The van der Waals surface area contributed by atoms with Crippen LogP contribution in [-0.2, 0) is 15.1 Å². The van der Waals surface area contributed by atoms with Gasteiger partial charge in [0.15, 0.2) is 0 Å². The molecule has 0 aliphatic heterocycles. The van der Waals surface area contributed by atoms with E-state index in [-0.39, 0.29) is 5.97 Å². The number of ether oxygens (including phenoxy) is 1. The summed E-state index contributed by atoms with van der Waals surface area (Å²) in [6.45, 7) is 4.21. The average Bonchev–Trinajstić information content (AvgIpc) is 3.50. The van der Waals surface area contributed by atoms with Gasteiger partial charge in [0.05, 0.1) is 24.8 Å². The van der Waals surface area contributed by atoms with E-state index in [1.54, 1.807) is 6.92 Å². The lowest BCUT2D eigenvalue weighted by Crippen LogP contribution is -2.38. The van der Waals surface area contributed by atoms with Gasteiger partial charge in [0.25, 0.3) is 0 Å². The number of aromatic nitrogens is 2. The van der Waals surface area contributed by atoms with Crippen molar-refractivity contribution in [3.63, 3.8) is 0 Å². The van der Waals surface area contributed by atoms with E-state index in [0.29, 0.717) is 6.61 Å². The lowest BCUT2D eigenvalue weighted by atomic mass is 9.76. The summed E-state index contributed by atoms with van der Waals surface area (Å²) >= 11 is 0. The minimum Gasteiger partial charge on any atom is -0.463 e. The van der Waals surface area contributed by atoms with Gasteiger partial charge in [-0.15, -0.1) is 0 Å². The topological polar surface area (TPSA) is 44.1 Å². The third kappa shape index (κ3) is 5.16. The second-order valence-electron chi connectivity index (χ2n) is 9.45. The van der Waals surface area contributed by atoms with Crippen LogP contribution in [0, 0.1) is 0 Å². The van der Waals surface area contributed by atoms with Gasteiger partial charge in [0, 0.05) is 6.08 Å². The normalized spacial score (nSPS) is 12.2. The molecule has 0 fully saturated rings. The number of allylic oxidation sites excluding steroid dienone is 3.